The first kappa shape index (κ1) is 8.33. The van der Waals surface area contributed by atoms with Gasteiger partial charge in [-0.3, -0.25) is 5.41 Å². The zero-order chi connectivity index (χ0) is 7.49. The molecule has 52 valence electrons. The fourth-order valence-corrected chi connectivity index (χ4v) is 0.360. The number of nitrogens with one attached hydrogen (secondary N) is 2. The number of nitrogens with two attached hydrogens (primary N) is 1. The number of rotatable bonds is 1. The Morgan fingerprint density at radius 3 is 2.11 bits per heavy atom. The van der Waals surface area contributed by atoms with Crippen molar-refractivity contribution in [2.75, 3.05) is 0 Å². The lowest BCUT2D eigenvalue weighted by Crippen LogP contribution is -2.37. The molecule has 0 saturated carbocycles. The Hall–Kier alpha value is -0.665. The van der Waals surface area contributed by atoms with Gasteiger partial charge in [-0.05, 0) is 5.31 Å². The Kier molecular flexibility index (Phi) is 2.55. The summed E-state index contributed by atoms with van der Waals surface area (Å²) < 4.78 is 0. The minimum Gasteiger partial charge on any atom is -0.403 e. The van der Waals surface area contributed by atoms with Gasteiger partial charge in [0.1, 0.15) is 0 Å². The average Bonchev–Trinajstić information content (AvgIpc) is 1.59. The molecule has 0 aliphatic carbocycles. The molecule has 3 nitrogen and oxygen atoms in total. The molecule has 4 heteroatoms. The second kappa shape index (κ2) is 2.76. The Morgan fingerprint density at radius 1 is 1.56 bits per heavy atom. The average molecular weight is 127 g/mol. The fraction of sp³-hybridized carbons (Fsp3) is 0.800. The highest BCUT2D eigenvalue weighted by atomic mass is 15.0. The lowest BCUT2D eigenvalue weighted by atomic mass is 9.65. The van der Waals surface area contributed by atoms with Crippen LogP contribution in [0.15, 0.2) is 0 Å². The zero-order valence-electron chi connectivity index (χ0n) is 6.28. The van der Waals surface area contributed by atoms with Gasteiger partial charge in [0.2, 0.25) is 7.41 Å². The normalized spacial score (nSPS) is 10.6. The van der Waals surface area contributed by atoms with Crippen LogP contribution in [-0.4, -0.2) is 13.4 Å². The molecular formula is C5H14BN3. The van der Waals surface area contributed by atoms with Gasteiger partial charge in [0.05, 0.1) is 0 Å². The van der Waals surface area contributed by atoms with E-state index in [1.54, 1.807) is 0 Å². The van der Waals surface area contributed by atoms with Crippen LogP contribution in [0.5, 0.6) is 0 Å². The molecule has 0 heterocycles. The second-order valence-electron chi connectivity index (χ2n) is 3.33. The Balaban J connectivity index is 3.39. The Morgan fingerprint density at radius 2 is 2.00 bits per heavy atom. The summed E-state index contributed by atoms with van der Waals surface area (Å²) in [5.74, 6) is 0.0462. The maximum atomic E-state index is 6.84. The van der Waals surface area contributed by atoms with E-state index in [-0.39, 0.29) is 11.3 Å². The summed E-state index contributed by atoms with van der Waals surface area (Å²) in [6.07, 6.45) is 0. The highest BCUT2D eigenvalue weighted by Gasteiger charge is 2.11. The molecule has 4 N–H and O–H groups in total. The van der Waals surface area contributed by atoms with Gasteiger partial charge in [-0.15, -0.1) is 0 Å². The quantitative estimate of drug-likeness (QED) is 0.264. The molecule has 0 rings (SSSR count). The minimum absolute atomic E-state index is 0.0462. The van der Waals surface area contributed by atoms with Crippen LogP contribution in [0, 0.1) is 5.41 Å². The highest BCUT2D eigenvalue weighted by molar-refractivity contribution is 6.40. The van der Waals surface area contributed by atoms with E-state index in [1.165, 1.54) is 0 Å². The molecule has 0 aliphatic rings. The van der Waals surface area contributed by atoms with E-state index in [0.29, 0.717) is 0 Å². The van der Waals surface area contributed by atoms with Crippen molar-refractivity contribution in [3.63, 3.8) is 0 Å². The van der Waals surface area contributed by atoms with Crippen LogP contribution < -0.4 is 11.0 Å². The number of hydrogen-bond acceptors (Lipinski definition) is 1. The summed E-state index contributed by atoms with van der Waals surface area (Å²) in [5, 5.41) is 9.79. The van der Waals surface area contributed by atoms with Crippen molar-refractivity contribution >= 4 is 13.4 Å². The molecule has 0 spiro atoms. The van der Waals surface area contributed by atoms with Crippen molar-refractivity contribution in [1.82, 2.24) is 5.23 Å². The third kappa shape index (κ3) is 7.33. The van der Waals surface area contributed by atoms with Crippen LogP contribution in [0.1, 0.15) is 20.8 Å². The molecule has 0 radical (unpaired) electrons. The largest absolute Gasteiger partial charge is 0.403 e. The zero-order valence-corrected chi connectivity index (χ0v) is 6.28. The number of guanidine groups is 1. The summed E-state index contributed by atoms with van der Waals surface area (Å²) in [6.45, 7) is 6.26. The molecular weight excluding hydrogens is 113 g/mol. The van der Waals surface area contributed by atoms with Crippen molar-refractivity contribution in [3.05, 3.63) is 0 Å². The first-order chi connectivity index (χ1) is 3.92. The first-order valence-electron chi connectivity index (χ1n) is 3.00. The predicted octanol–water partition coefficient (Wildman–Crippen LogP) is 0.0394. The lowest BCUT2D eigenvalue weighted by molar-refractivity contribution is 0.745. The third-order valence-electron chi connectivity index (χ3n) is 0.809. The highest BCUT2D eigenvalue weighted by Crippen LogP contribution is 2.17. The van der Waals surface area contributed by atoms with Crippen molar-refractivity contribution in [2.45, 2.75) is 26.1 Å². The van der Waals surface area contributed by atoms with Crippen LogP contribution in [0.25, 0.3) is 0 Å². The summed E-state index contributed by atoms with van der Waals surface area (Å²) in [6, 6.07) is 0. The van der Waals surface area contributed by atoms with E-state index in [9.17, 15) is 0 Å². The molecule has 0 bridgehead atoms. The van der Waals surface area contributed by atoms with Gasteiger partial charge in [-0.2, -0.15) is 0 Å². The molecule has 0 saturated heterocycles. The van der Waals surface area contributed by atoms with Gasteiger partial charge >= 0.3 is 0 Å². The van der Waals surface area contributed by atoms with Crippen molar-refractivity contribution in [3.8, 4) is 0 Å². The van der Waals surface area contributed by atoms with Crippen LogP contribution in [0.2, 0.25) is 5.31 Å². The second-order valence-corrected chi connectivity index (χ2v) is 3.33. The summed E-state index contributed by atoms with van der Waals surface area (Å²) >= 11 is 0. The van der Waals surface area contributed by atoms with Gasteiger partial charge in [0.15, 0.2) is 5.96 Å². The van der Waals surface area contributed by atoms with E-state index in [4.69, 9.17) is 11.1 Å². The van der Waals surface area contributed by atoms with Gasteiger partial charge in [0, 0.05) is 0 Å². The standard InChI is InChI=1S/C5H14BN3/c1-5(2,3)6-9-4(7)8/h6H,1-3H3,(H4,7,8,9). The van der Waals surface area contributed by atoms with Crippen molar-refractivity contribution in [2.24, 2.45) is 5.73 Å². The Bertz CT molecular complexity index is 105. The van der Waals surface area contributed by atoms with E-state index >= 15 is 0 Å². The van der Waals surface area contributed by atoms with Crippen molar-refractivity contribution in [1.29, 1.82) is 5.41 Å². The van der Waals surface area contributed by atoms with E-state index in [1.807, 2.05) is 0 Å². The van der Waals surface area contributed by atoms with Gasteiger partial charge in [-0.1, -0.05) is 20.8 Å². The SMILES string of the molecule is CC(C)(C)BNC(=N)N. The van der Waals surface area contributed by atoms with Crippen LogP contribution in [0.4, 0.5) is 0 Å². The first-order valence-corrected chi connectivity index (χ1v) is 3.00. The Labute approximate surface area is 56.8 Å². The van der Waals surface area contributed by atoms with Crippen LogP contribution >= 0.6 is 0 Å². The fourth-order valence-electron chi connectivity index (χ4n) is 0.360. The van der Waals surface area contributed by atoms with Crippen molar-refractivity contribution < 1.29 is 0 Å². The van der Waals surface area contributed by atoms with E-state index in [0.717, 1.165) is 7.41 Å². The van der Waals surface area contributed by atoms with Crippen LogP contribution in [-0.2, 0) is 0 Å². The molecule has 0 aromatic carbocycles. The maximum Gasteiger partial charge on any atom is 0.241 e. The number of hydrogen-bond donors (Lipinski definition) is 3. The molecule has 0 aliphatic heterocycles. The van der Waals surface area contributed by atoms with Gasteiger partial charge in [0.25, 0.3) is 0 Å². The molecule has 0 atom stereocenters. The smallest absolute Gasteiger partial charge is 0.241 e. The van der Waals surface area contributed by atoms with Gasteiger partial charge in [-0.25, -0.2) is 0 Å². The van der Waals surface area contributed by atoms with E-state index < -0.39 is 0 Å². The van der Waals surface area contributed by atoms with Crippen LogP contribution in [0.3, 0.4) is 0 Å². The molecule has 9 heavy (non-hydrogen) atoms. The predicted molar refractivity (Wildman–Crippen MR) is 41.9 cm³/mol. The maximum absolute atomic E-state index is 6.84. The summed E-state index contributed by atoms with van der Waals surface area (Å²) in [5.41, 5.74) is 5.07. The topological polar surface area (TPSA) is 61.9 Å². The minimum atomic E-state index is 0.0462. The summed E-state index contributed by atoms with van der Waals surface area (Å²) in [7, 11) is 0.752. The molecule has 0 aromatic heterocycles. The molecule has 0 amide bonds. The molecule has 0 fully saturated rings. The molecule has 0 aromatic rings. The lowest BCUT2D eigenvalue weighted by Gasteiger charge is -2.15. The van der Waals surface area contributed by atoms with Gasteiger partial charge < -0.3 is 11.0 Å². The van der Waals surface area contributed by atoms with E-state index in [2.05, 4.69) is 26.0 Å². The monoisotopic (exact) mass is 127 g/mol. The third-order valence-corrected chi connectivity index (χ3v) is 0.809. The molecule has 0 unspecified atom stereocenters. The summed E-state index contributed by atoms with van der Waals surface area (Å²) in [4.78, 5) is 0.